The molecule has 0 bridgehead atoms. The normalized spacial score (nSPS) is 12.2. The number of carbonyl (C=O) groups excluding carboxylic acids is 1. The van der Waals surface area contributed by atoms with E-state index in [0.29, 0.717) is 0 Å². The van der Waals surface area contributed by atoms with Crippen molar-refractivity contribution < 1.29 is 40.6 Å². The molecule has 0 radical (unpaired) electrons. The molecule has 0 saturated heterocycles. The number of ether oxygens (including phenoxy) is 2. The zero-order chi connectivity index (χ0) is 20.7. The molecule has 11 heteroatoms. The highest BCUT2D eigenvalue weighted by atomic mass is 19.4. The summed E-state index contributed by atoms with van der Waals surface area (Å²) in [5, 5.41) is 3.96. The van der Waals surface area contributed by atoms with Crippen molar-refractivity contribution in [1.82, 2.24) is 9.78 Å². The summed E-state index contributed by atoms with van der Waals surface area (Å²) in [6, 6.07) is 7.03. The summed E-state index contributed by atoms with van der Waals surface area (Å²) < 4.78 is 85.0. The molecular weight excluding hydrogens is 394 g/mol. The highest BCUT2D eigenvalue weighted by Crippen LogP contribution is 2.32. The number of fused-ring (bicyclic) bond motifs is 1. The van der Waals surface area contributed by atoms with E-state index < -0.39 is 29.8 Å². The van der Waals surface area contributed by atoms with E-state index in [2.05, 4.69) is 14.6 Å². The molecule has 1 aromatic heterocycles. The summed E-state index contributed by atoms with van der Waals surface area (Å²) in [6.07, 6.45) is -9.48. The van der Waals surface area contributed by atoms with Crippen molar-refractivity contribution in [3.05, 3.63) is 53.7 Å². The van der Waals surface area contributed by atoms with Gasteiger partial charge in [0.25, 0.3) is 0 Å². The maximum Gasteiger partial charge on any atom is 0.573 e. The summed E-state index contributed by atoms with van der Waals surface area (Å²) in [6.45, 7) is 0. The molecule has 0 aliphatic rings. The second kappa shape index (κ2) is 6.73. The van der Waals surface area contributed by atoms with Crippen LogP contribution in [0.4, 0.5) is 26.3 Å². The Morgan fingerprint density at radius 3 is 2.18 bits per heavy atom. The zero-order valence-corrected chi connectivity index (χ0v) is 13.9. The van der Waals surface area contributed by atoms with E-state index in [1.54, 1.807) is 0 Å². The van der Waals surface area contributed by atoms with Gasteiger partial charge >= 0.3 is 18.5 Å². The highest BCUT2D eigenvalue weighted by molar-refractivity contribution is 6.03. The van der Waals surface area contributed by atoms with Gasteiger partial charge in [-0.1, -0.05) is 0 Å². The third-order valence-electron chi connectivity index (χ3n) is 3.70. The van der Waals surface area contributed by atoms with E-state index in [1.807, 2.05) is 0 Å². The van der Waals surface area contributed by atoms with Gasteiger partial charge in [-0.05, 0) is 42.5 Å². The fraction of sp³-hybridized carbons (Fsp3) is 0.176. The van der Waals surface area contributed by atoms with Gasteiger partial charge in [0.05, 0.1) is 23.9 Å². The van der Waals surface area contributed by atoms with Gasteiger partial charge in [0.1, 0.15) is 5.75 Å². The second-order valence-corrected chi connectivity index (χ2v) is 5.52. The third-order valence-corrected chi connectivity index (χ3v) is 3.70. The molecule has 0 fully saturated rings. The lowest BCUT2D eigenvalue weighted by molar-refractivity contribution is -0.274. The Hall–Kier alpha value is -3.24. The van der Waals surface area contributed by atoms with Crippen LogP contribution < -0.4 is 4.74 Å². The van der Waals surface area contributed by atoms with Crippen LogP contribution in [0.1, 0.15) is 16.1 Å². The molecule has 2 aromatic carbocycles. The van der Waals surface area contributed by atoms with Gasteiger partial charge in [-0.25, -0.2) is 9.48 Å². The van der Waals surface area contributed by atoms with Gasteiger partial charge in [-0.3, -0.25) is 0 Å². The molecule has 3 rings (SSSR count). The molecular formula is C17H10F6N2O3. The Morgan fingerprint density at radius 1 is 1.00 bits per heavy atom. The quantitative estimate of drug-likeness (QED) is 0.468. The standard InChI is InChI=1S/C17H10F6N2O3/c1-27-15(26)14-12-8-11(28-17(21,22)23)6-7-13(12)25(24-14)10-4-2-9(3-5-10)16(18,19)20/h2-8H,1H3. The maximum atomic E-state index is 12.7. The molecule has 148 valence electrons. The van der Waals surface area contributed by atoms with Gasteiger partial charge in [0, 0.05) is 5.39 Å². The van der Waals surface area contributed by atoms with Crippen LogP contribution in [-0.2, 0) is 10.9 Å². The molecule has 3 aromatic rings. The maximum absolute atomic E-state index is 12.7. The van der Waals surface area contributed by atoms with E-state index in [4.69, 9.17) is 0 Å². The topological polar surface area (TPSA) is 53.3 Å². The van der Waals surface area contributed by atoms with Gasteiger partial charge < -0.3 is 9.47 Å². The van der Waals surface area contributed by atoms with Crippen LogP contribution in [0.5, 0.6) is 5.75 Å². The van der Waals surface area contributed by atoms with Crippen molar-refractivity contribution in [3.63, 3.8) is 0 Å². The van der Waals surface area contributed by atoms with Gasteiger partial charge in [-0.2, -0.15) is 18.3 Å². The Bertz CT molecular complexity index is 1020. The molecule has 28 heavy (non-hydrogen) atoms. The van der Waals surface area contributed by atoms with E-state index in [0.717, 1.165) is 48.2 Å². The number of rotatable bonds is 3. The average molecular weight is 404 g/mol. The molecule has 0 saturated carbocycles. The Kier molecular flexibility index (Phi) is 4.69. The van der Waals surface area contributed by atoms with Crippen molar-refractivity contribution >= 4 is 16.9 Å². The lowest BCUT2D eigenvalue weighted by Crippen LogP contribution is -2.17. The van der Waals surface area contributed by atoms with E-state index >= 15 is 0 Å². The Morgan fingerprint density at radius 2 is 1.64 bits per heavy atom. The SMILES string of the molecule is COC(=O)c1nn(-c2ccc(C(F)(F)F)cc2)c2ccc(OC(F)(F)F)cc12. The van der Waals surface area contributed by atoms with Crippen molar-refractivity contribution in [3.8, 4) is 11.4 Å². The number of esters is 1. The first-order valence-corrected chi connectivity index (χ1v) is 7.54. The first-order valence-electron chi connectivity index (χ1n) is 7.54. The molecule has 0 aliphatic heterocycles. The fourth-order valence-electron chi connectivity index (χ4n) is 2.53. The van der Waals surface area contributed by atoms with Crippen LogP contribution in [0.2, 0.25) is 0 Å². The molecule has 0 aliphatic carbocycles. The first-order chi connectivity index (χ1) is 13.0. The number of aromatic nitrogens is 2. The van der Waals surface area contributed by atoms with Crippen LogP contribution in [0.15, 0.2) is 42.5 Å². The molecule has 0 N–H and O–H groups in total. The zero-order valence-electron chi connectivity index (χ0n) is 13.9. The summed E-state index contributed by atoms with van der Waals surface area (Å²) in [7, 11) is 1.06. The molecule has 0 atom stereocenters. The number of carbonyl (C=O) groups is 1. The minimum Gasteiger partial charge on any atom is -0.464 e. The number of halogens is 6. The number of nitrogens with zero attached hydrogens (tertiary/aromatic N) is 2. The van der Waals surface area contributed by atoms with Crippen molar-refractivity contribution in [2.75, 3.05) is 7.11 Å². The Labute approximate surface area is 153 Å². The number of hydrogen-bond acceptors (Lipinski definition) is 4. The van der Waals surface area contributed by atoms with E-state index in [1.165, 1.54) is 6.07 Å². The second-order valence-electron chi connectivity index (χ2n) is 5.52. The van der Waals surface area contributed by atoms with Gasteiger partial charge in [0.2, 0.25) is 0 Å². The highest BCUT2D eigenvalue weighted by Gasteiger charge is 2.32. The molecule has 0 amide bonds. The van der Waals surface area contributed by atoms with Crippen LogP contribution in [0, 0.1) is 0 Å². The largest absolute Gasteiger partial charge is 0.573 e. The predicted octanol–water partition coefficient (Wildman–Crippen LogP) is 4.73. The minimum absolute atomic E-state index is 0.0199. The Balaban J connectivity index is 2.14. The molecule has 5 nitrogen and oxygen atoms in total. The monoisotopic (exact) mass is 404 g/mol. The van der Waals surface area contributed by atoms with Crippen LogP contribution in [0.25, 0.3) is 16.6 Å². The lowest BCUT2D eigenvalue weighted by Gasteiger charge is -2.10. The average Bonchev–Trinajstić information content (AvgIpc) is 2.98. The molecule has 0 unspecified atom stereocenters. The third kappa shape index (κ3) is 3.87. The van der Waals surface area contributed by atoms with E-state index in [-0.39, 0.29) is 22.3 Å². The fourth-order valence-corrected chi connectivity index (χ4v) is 2.53. The van der Waals surface area contributed by atoms with Gasteiger partial charge in [-0.15, -0.1) is 13.2 Å². The van der Waals surface area contributed by atoms with Crippen LogP contribution in [0.3, 0.4) is 0 Å². The summed E-state index contributed by atoms with van der Waals surface area (Å²) in [5.41, 5.74) is -0.862. The molecule has 1 heterocycles. The summed E-state index contributed by atoms with van der Waals surface area (Å²) in [4.78, 5) is 11.9. The summed E-state index contributed by atoms with van der Waals surface area (Å²) >= 11 is 0. The van der Waals surface area contributed by atoms with Crippen molar-refractivity contribution in [2.24, 2.45) is 0 Å². The predicted molar refractivity (Wildman–Crippen MR) is 84.1 cm³/mol. The van der Waals surface area contributed by atoms with Crippen LogP contribution in [-0.4, -0.2) is 29.2 Å². The van der Waals surface area contributed by atoms with Gasteiger partial charge in [0.15, 0.2) is 5.69 Å². The smallest absolute Gasteiger partial charge is 0.464 e. The number of hydrogen-bond donors (Lipinski definition) is 0. The van der Waals surface area contributed by atoms with E-state index in [9.17, 15) is 31.1 Å². The number of alkyl halides is 6. The van der Waals surface area contributed by atoms with Crippen molar-refractivity contribution in [1.29, 1.82) is 0 Å². The minimum atomic E-state index is -4.94. The van der Waals surface area contributed by atoms with Crippen LogP contribution >= 0.6 is 0 Å². The lowest BCUT2D eigenvalue weighted by atomic mass is 10.2. The summed E-state index contributed by atoms with van der Waals surface area (Å²) in [5.74, 6) is -1.52. The number of benzene rings is 2. The molecule has 0 spiro atoms. The van der Waals surface area contributed by atoms with Crippen molar-refractivity contribution in [2.45, 2.75) is 12.5 Å². The first kappa shape index (κ1) is 19.5. The number of methoxy groups -OCH3 is 1.